The molecule has 4 N–H and O–H groups in total. The number of esters is 2. The first-order valence-corrected chi connectivity index (χ1v) is 11.4. The van der Waals surface area contributed by atoms with E-state index in [1.165, 1.54) is 0 Å². The van der Waals surface area contributed by atoms with E-state index in [2.05, 4.69) is 10.6 Å². The van der Waals surface area contributed by atoms with Gasteiger partial charge in [0.2, 0.25) is 0 Å². The summed E-state index contributed by atoms with van der Waals surface area (Å²) in [6.07, 6.45) is 4.10. The van der Waals surface area contributed by atoms with E-state index in [-0.39, 0.29) is 11.1 Å². The average Bonchev–Trinajstić information content (AvgIpc) is 2.74. The summed E-state index contributed by atoms with van der Waals surface area (Å²) in [4.78, 5) is 26.1. The molecule has 2 aliphatic heterocycles. The number of rotatable bonds is 6. The monoisotopic (exact) mass is 418 g/mol. The normalized spacial score (nSPS) is 19.3. The highest BCUT2D eigenvalue weighted by Gasteiger charge is 2.38. The standard InChI is InChI=1S/C24H36N2O4/c1-23(2,17-9-13-25-14-10-17)29-21(27)19-7-5-6-8-20(19)22(28)30-24(3,4)18-11-15-26-16-12-18/h5-8,17-18,25-26H,9-16H2,1-4H3/p+2. The van der Waals surface area contributed by atoms with Crippen LogP contribution in [0.5, 0.6) is 0 Å². The molecule has 30 heavy (non-hydrogen) atoms. The molecule has 0 aliphatic carbocycles. The highest BCUT2D eigenvalue weighted by atomic mass is 16.6. The number of hydrogen-bond acceptors (Lipinski definition) is 4. The average molecular weight is 419 g/mol. The smallest absolute Gasteiger partial charge is 0.339 e. The van der Waals surface area contributed by atoms with Crippen LogP contribution in [-0.2, 0) is 9.47 Å². The lowest BCUT2D eigenvalue weighted by molar-refractivity contribution is -0.666. The summed E-state index contributed by atoms with van der Waals surface area (Å²) in [7, 11) is 0. The number of carbonyl (C=O) groups is 2. The lowest BCUT2D eigenvalue weighted by atomic mass is 9.83. The number of quaternary nitrogens is 2. The first kappa shape index (κ1) is 22.8. The van der Waals surface area contributed by atoms with Crippen LogP contribution in [-0.4, -0.2) is 49.3 Å². The zero-order valence-corrected chi connectivity index (χ0v) is 18.9. The van der Waals surface area contributed by atoms with E-state index >= 15 is 0 Å². The summed E-state index contributed by atoms with van der Waals surface area (Å²) >= 11 is 0. The van der Waals surface area contributed by atoms with E-state index in [4.69, 9.17) is 9.47 Å². The molecule has 1 aromatic carbocycles. The van der Waals surface area contributed by atoms with Crippen molar-refractivity contribution in [2.24, 2.45) is 11.8 Å². The molecule has 0 amide bonds. The van der Waals surface area contributed by atoms with Gasteiger partial charge in [-0.25, -0.2) is 9.59 Å². The Kier molecular flexibility index (Phi) is 7.19. The van der Waals surface area contributed by atoms with Gasteiger partial charge in [-0.1, -0.05) is 12.1 Å². The van der Waals surface area contributed by atoms with E-state index in [1.54, 1.807) is 24.3 Å². The topological polar surface area (TPSA) is 85.8 Å². The Bertz CT molecular complexity index is 684. The van der Waals surface area contributed by atoms with Gasteiger partial charge in [-0.15, -0.1) is 0 Å². The third kappa shape index (κ3) is 5.41. The lowest BCUT2D eigenvalue weighted by Gasteiger charge is -2.36. The molecule has 0 aromatic heterocycles. The molecule has 0 spiro atoms. The van der Waals surface area contributed by atoms with Crippen molar-refractivity contribution in [2.75, 3.05) is 26.2 Å². The number of piperidine rings is 2. The molecule has 1 aromatic rings. The minimum atomic E-state index is -0.569. The molecule has 166 valence electrons. The Labute approximate surface area is 180 Å². The summed E-state index contributed by atoms with van der Waals surface area (Å²) < 4.78 is 11.9. The van der Waals surface area contributed by atoms with Crippen LogP contribution in [0.15, 0.2) is 24.3 Å². The number of benzene rings is 1. The van der Waals surface area contributed by atoms with Gasteiger partial charge in [0, 0.05) is 37.5 Å². The van der Waals surface area contributed by atoms with E-state index in [9.17, 15) is 9.59 Å². The molecular formula is C24H38N2O4+2. The maximum atomic E-state index is 13.1. The Morgan fingerprint density at radius 1 is 0.733 bits per heavy atom. The van der Waals surface area contributed by atoms with Crippen LogP contribution in [0.25, 0.3) is 0 Å². The molecule has 0 saturated carbocycles. The van der Waals surface area contributed by atoms with E-state index in [1.807, 2.05) is 27.7 Å². The third-order valence-corrected chi connectivity index (χ3v) is 6.92. The number of nitrogens with two attached hydrogens (primary N) is 2. The van der Waals surface area contributed by atoms with Crippen molar-refractivity contribution in [3.8, 4) is 0 Å². The lowest BCUT2D eigenvalue weighted by Crippen LogP contribution is -2.86. The van der Waals surface area contributed by atoms with Crippen molar-refractivity contribution >= 4 is 11.9 Å². The summed E-state index contributed by atoms with van der Waals surface area (Å²) in [5.74, 6) is -0.250. The van der Waals surface area contributed by atoms with Crippen LogP contribution in [0, 0.1) is 11.8 Å². The first-order valence-electron chi connectivity index (χ1n) is 11.4. The zero-order chi connectivity index (χ0) is 21.8. The van der Waals surface area contributed by atoms with Gasteiger partial charge in [0.1, 0.15) is 11.2 Å². The summed E-state index contributed by atoms with van der Waals surface area (Å²) in [6, 6.07) is 6.84. The second-order valence-electron chi connectivity index (χ2n) is 9.81. The van der Waals surface area contributed by atoms with Crippen LogP contribution in [0.1, 0.15) is 74.1 Å². The molecule has 0 radical (unpaired) electrons. The quantitative estimate of drug-likeness (QED) is 0.686. The van der Waals surface area contributed by atoms with Gasteiger partial charge in [-0.2, -0.15) is 0 Å². The number of ether oxygens (including phenoxy) is 2. The predicted octanol–water partition coefficient (Wildman–Crippen LogP) is 1.50. The van der Waals surface area contributed by atoms with Crippen LogP contribution in [0.3, 0.4) is 0 Å². The van der Waals surface area contributed by atoms with Crippen LogP contribution in [0.4, 0.5) is 0 Å². The highest BCUT2D eigenvalue weighted by molar-refractivity contribution is 6.03. The van der Waals surface area contributed by atoms with Gasteiger partial charge in [0.05, 0.1) is 37.3 Å². The Balaban J connectivity index is 1.72. The van der Waals surface area contributed by atoms with Crippen molar-refractivity contribution in [3.05, 3.63) is 35.4 Å². The minimum absolute atomic E-state index is 0.283. The Morgan fingerprint density at radius 3 is 1.40 bits per heavy atom. The zero-order valence-electron chi connectivity index (χ0n) is 18.9. The largest absolute Gasteiger partial charge is 0.456 e. The van der Waals surface area contributed by atoms with E-state index in [0.717, 1.165) is 51.9 Å². The highest BCUT2D eigenvalue weighted by Crippen LogP contribution is 2.31. The van der Waals surface area contributed by atoms with Crippen molar-refractivity contribution in [1.82, 2.24) is 0 Å². The SMILES string of the molecule is CC(C)(OC(=O)c1ccccc1C(=O)OC(C)(C)C1CC[NH2+]CC1)C1CC[NH2+]CC1. The summed E-state index contributed by atoms with van der Waals surface area (Å²) in [6.45, 7) is 12.1. The second-order valence-corrected chi connectivity index (χ2v) is 9.81. The molecule has 6 nitrogen and oxygen atoms in total. The molecule has 6 heteroatoms. The Hall–Kier alpha value is -1.92. The molecule has 2 aliphatic rings. The fraction of sp³-hybridized carbons (Fsp3) is 0.667. The third-order valence-electron chi connectivity index (χ3n) is 6.92. The van der Waals surface area contributed by atoms with Gasteiger partial charge in [0.15, 0.2) is 0 Å². The van der Waals surface area contributed by atoms with Gasteiger partial charge in [-0.05, 0) is 39.8 Å². The molecule has 2 fully saturated rings. The predicted molar refractivity (Wildman–Crippen MR) is 114 cm³/mol. The van der Waals surface area contributed by atoms with Gasteiger partial charge in [-0.3, -0.25) is 0 Å². The maximum absolute atomic E-state index is 13.1. The maximum Gasteiger partial charge on any atom is 0.339 e. The van der Waals surface area contributed by atoms with Gasteiger partial charge >= 0.3 is 11.9 Å². The van der Waals surface area contributed by atoms with Gasteiger partial charge in [0.25, 0.3) is 0 Å². The summed E-state index contributed by atoms with van der Waals surface area (Å²) in [5, 5.41) is 4.59. The van der Waals surface area contributed by atoms with Crippen molar-refractivity contribution in [2.45, 2.75) is 64.6 Å². The minimum Gasteiger partial charge on any atom is -0.456 e. The summed E-state index contributed by atoms with van der Waals surface area (Å²) in [5.41, 5.74) is -0.572. The number of carbonyl (C=O) groups excluding carboxylic acids is 2. The Morgan fingerprint density at radius 2 is 1.07 bits per heavy atom. The number of hydrogen-bond donors (Lipinski definition) is 2. The fourth-order valence-corrected chi connectivity index (χ4v) is 4.84. The molecule has 2 heterocycles. The molecule has 3 rings (SSSR count). The molecule has 0 bridgehead atoms. The molecule has 0 unspecified atom stereocenters. The van der Waals surface area contributed by atoms with Crippen LogP contribution >= 0.6 is 0 Å². The second kappa shape index (κ2) is 9.48. The molecule has 0 atom stereocenters. The van der Waals surface area contributed by atoms with Crippen LogP contribution in [0.2, 0.25) is 0 Å². The van der Waals surface area contributed by atoms with Crippen molar-refractivity contribution < 1.29 is 29.7 Å². The van der Waals surface area contributed by atoms with Crippen LogP contribution < -0.4 is 10.6 Å². The van der Waals surface area contributed by atoms with Crippen molar-refractivity contribution in [3.63, 3.8) is 0 Å². The van der Waals surface area contributed by atoms with E-state index in [0.29, 0.717) is 11.8 Å². The van der Waals surface area contributed by atoms with Crippen molar-refractivity contribution in [1.29, 1.82) is 0 Å². The fourth-order valence-electron chi connectivity index (χ4n) is 4.84. The molecular weight excluding hydrogens is 380 g/mol. The van der Waals surface area contributed by atoms with E-state index < -0.39 is 23.1 Å². The first-order chi connectivity index (χ1) is 14.2. The molecule has 2 saturated heterocycles. The van der Waals surface area contributed by atoms with Gasteiger partial charge < -0.3 is 20.1 Å².